The Balaban J connectivity index is 1.40. The van der Waals surface area contributed by atoms with Crippen molar-refractivity contribution in [3.8, 4) is 0 Å². The summed E-state index contributed by atoms with van der Waals surface area (Å²) in [5.74, 6) is 0.177. The molecule has 7 heteroatoms. The molecule has 0 radical (unpaired) electrons. The lowest BCUT2D eigenvalue weighted by molar-refractivity contribution is 0.0947. The standard InChI is InChI=1S/C24H31N3O3S/c1-19-10-11-22(31(29,30)27-13-6-3-7-14-27)16-23(19)24(28)25-17-20-12-15-26(18-20)21-8-4-2-5-9-21/h2,4-5,8-11,16,20H,3,6-7,12-15,17-18H2,1H3,(H,25,28). The van der Waals surface area contributed by atoms with Crippen molar-refractivity contribution in [3.63, 3.8) is 0 Å². The van der Waals surface area contributed by atoms with E-state index in [4.69, 9.17) is 0 Å². The first kappa shape index (κ1) is 21.8. The van der Waals surface area contributed by atoms with E-state index < -0.39 is 10.0 Å². The molecule has 2 heterocycles. The van der Waals surface area contributed by atoms with Gasteiger partial charge in [-0.3, -0.25) is 4.79 Å². The first-order chi connectivity index (χ1) is 14.9. The maximum Gasteiger partial charge on any atom is 0.251 e. The highest BCUT2D eigenvalue weighted by molar-refractivity contribution is 7.89. The zero-order chi connectivity index (χ0) is 21.8. The third-order valence-corrected chi connectivity index (χ3v) is 8.26. The van der Waals surface area contributed by atoms with Crippen LogP contribution in [0, 0.1) is 12.8 Å². The Morgan fingerprint density at radius 3 is 2.52 bits per heavy atom. The monoisotopic (exact) mass is 441 g/mol. The molecule has 2 fully saturated rings. The van der Waals surface area contributed by atoms with Gasteiger partial charge in [0.15, 0.2) is 0 Å². The number of sulfonamides is 1. The second-order valence-electron chi connectivity index (χ2n) is 8.59. The fourth-order valence-electron chi connectivity index (χ4n) is 4.47. The SMILES string of the molecule is Cc1ccc(S(=O)(=O)N2CCCCC2)cc1C(=O)NCC1CCN(c2ccccc2)C1. The summed E-state index contributed by atoms with van der Waals surface area (Å²) in [5, 5.41) is 3.04. The van der Waals surface area contributed by atoms with Crippen LogP contribution in [-0.4, -0.2) is 51.4 Å². The molecular weight excluding hydrogens is 410 g/mol. The molecule has 2 aliphatic rings. The zero-order valence-corrected chi connectivity index (χ0v) is 18.9. The van der Waals surface area contributed by atoms with E-state index in [9.17, 15) is 13.2 Å². The molecular formula is C24H31N3O3S. The van der Waals surface area contributed by atoms with Gasteiger partial charge in [-0.25, -0.2) is 8.42 Å². The Morgan fingerprint density at radius 2 is 1.77 bits per heavy atom. The largest absolute Gasteiger partial charge is 0.371 e. The van der Waals surface area contributed by atoms with Crippen molar-refractivity contribution in [2.45, 2.75) is 37.5 Å². The lowest BCUT2D eigenvalue weighted by Gasteiger charge is -2.26. The van der Waals surface area contributed by atoms with Gasteiger partial charge in [0.1, 0.15) is 0 Å². The third kappa shape index (κ3) is 4.93. The highest BCUT2D eigenvalue weighted by atomic mass is 32.2. The molecule has 2 aliphatic heterocycles. The van der Waals surface area contributed by atoms with Crippen LogP contribution in [0.15, 0.2) is 53.4 Å². The van der Waals surface area contributed by atoms with Crippen molar-refractivity contribution in [1.29, 1.82) is 0 Å². The van der Waals surface area contributed by atoms with Crippen molar-refractivity contribution in [2.75, 3.05) is 37.6 Å². The fourth-order valence-corrected chi connectivity index (χ4v) is 6.01. The van der Waals surface area contributed by atoms with E-state index in [1.165, 1.54) is 5.69 Å². The zero-order valence-electron chi connectivity index (χ0n) is 18.1. The number of piperidine rings is 1. The Labute approximate surface area is 185 Å². The van der Waals surface area contributed by atoms with Crippen LogP contribution in [0.4, 0.5) is 5.69 Å². The van der Waals surface area contributed by atoms with Gasteiger partial charge in [0.2, 0.25) is 10.0 Å². The molecule has 1 unspecified atom stereocenters. The molecule has 0 spiro atoms. The quantitative estimate of drug-likeness (QED) is 0.746. The lowest BCUT2D eigenvalue weighted by Crippen LogP contribution is -2.36. The molecule has 31 heavy (non-hydrogen) atoms. The summed E-state index contributed by atoms with van der Waals surface area (Å²) in [7, 11) is -3.56. The Hall–Kier alpha value is -2.38. The molecule has 1 atom stereocenters. The van der Waals surface area contributed by atoms with Crippen molar-refractivity contribution >= 4 is 21.6 Å². The predicted octanol–water partition coefficient (Wildman–Crippen LogP) is 3.43. The van der Waals surface area contributed by atoms with Crippen molar-refractivity contribution < 1.29 is 13.2 Å². The van der Waals surface area contributed by atoms with E-state index >= 15 is 0 Å². The van der Waals surface area contributed by atoms with Gasteiger partial charge in [-0.05, 0) is 61.9 Å². The number of benzene rings is 2. The smallest absolute Gasteiger partial charge is 0.251 e. The minimum Gasteiger partial charge on any atom is -0.371 e. The van der Waals surface area contributed by atoms with Crippen LogP contribution in [0.5, 0.6) is 0 Å². The average Bonchev–Trinajstić information content (AvgIpc) is 3.28. The number of anilines is 1. The maximum absolute atomic E-state index is 13.0. The number of para-hydroxylation sites is 1. The van der Waals surface area contributed by atoms with Crippen LogP contribution < -0.4 is 10.2 Å². The van der Waals surface area contributed by atoms with Crippen LogP contribution in [0.1, 0.15) is 41.6 Å². The Morgan fingerprint density at radius 1 is 1.03 bits per heavy atom. The van der Waals surface area contributed by atoms with Gasteiger partial charge in [0.25, 0.3) is 5.91 Å². The van der Waals surface area contributed by atoms with E-state index in [0.717, 1.165) is 44.3 Å². The van der Waals surface area contributed by atoms with Gasteiger partial charge in [0.05, 0.1) is 4.90 Å². The summed E-state index contributed by atoms with van der Waals surface area (Å²) < 4.78 is 27.5. The second kappa shape index (κ2) is 9.40. The minimum atomic E-state index is -3.56. The minimum absolute atomic E-state index is 0.202. The highest BCUT2D eigenvalue weighted by Crippen LogP contribution is 2.24. The molecule has 1 amide bonds. The Bertz CT molecular complexity index is 1020. The number of nitrogens with zero attached hydrogens (tertiary/aromatic N) is 2. The molecule has 2 aromatic rings. The van der Waals surface area contributed by atoms with E-state index in [2.05, 4.69) is 22.3 Å². The van der Waals surface area contributed by atoms with Crippen LogP contribution in [-0.2, 0) is 10.0 Å². The molecule has 2 saturated heterocycles. The second-order valence-corrected chi connectivity index (χ2v) is 10.5. The van der Waals surface area contributed by atoms with Crippen molar-refractivity contribution in [3.05, 3.63) is 59.7 Å². The van der Waals surface area contributed by atoms with Crippen molar-refractivity contribution in [1.82, 2.24) is 9.62 Å². The fraction of sp³-hybridized carbons (Fsp3) is 0.458. The first-order valence-electron chi connectivity index (χ1n) is 11.1. The van der Waals surface area contributed by atoms with E-state index in [-0.39, 0.29) is 10.8 Å². The number of amides is 1. The molecule has 0 aliphatic carbocycles. The number of hydrogen-bond acceptors (Lipinski definition) is 4. The van der Waals surface area contributed by atoms with E-state index in [1.54, 1.807) is 22.5 Å². The van der Waals surface area contributed by atoms with Gasteiger partial charge in [-0.2, -0.15) is 4.31 Å². The first-order valence-corrected chi connectivity index (χ1v) is 12.6. The van der Waals surface area contributed by atoms with Gasteiger partial charge in [-0.1, -0.05) is 30.7 Å². The van der Waals surface area contributed by atoms with E-state index in [0.29, 0.717) is 31.1 Å². The number of nitrogens with one attached hydrogen (secondary N) is 1. The molecule has 4 rings (SSSR count). The molecule has 1 N–H and O–H groups in total. The number of carbonyl (C=O) groups is 1. The molecule has 0 saturated carbocycles. The molecule has 2 aromatic carbocycles. The van der Waals surface area contributed by atoms with Gasteiger partial charge in [-0.15, -0.1) is 0 Å². The summed E-state index contributed by atoms with van der Waals surface area (Å²) in [5.41, 5.74) is 2.44. The number of carbonyl (C=O) groups excluding carboxylic acids is 1. The normalized spacial score (nSPS) is 20.0. The third-order valence-electron chi connectivity index (χ3n) is 6.36. The summed E-state index contributed by atoms with van der Waals surface area (Å²) in [6.07, 6.45) is 3.87. The highest BCUT2D eigenvalue weighted by Gasteiger charge is 2.27. The van der Waals surface area contributed by atoms with Crippen LogP contribution in [0.2, 0.25) is 0 Å². The van der Waals surface area contributed by atoms with Gasteiger partial charge < -0.3 is 10.2 Å². The van der Waals surface area contributed by atoms with Crippen LogP contribution >= 0.6 is 0 Å². The summed E-state index contributed by atoms with van der Waals surface area (Å²) in [6, 6.07) is 15.2. The number of aryl methyl sites for hydroxylation is 1. The Kier molecular flexibility index (Phi) is 6.62. The van der Waals surface area contributed by atoms with Crippen molar-refractivity contribution in [2.24, 2.45) is 5.92 Å². The molecule has 0 aromatic heterocycles. The average molecular weight is 442 g/mol. The topological polar surface area (TPSA) is 69.7 Å². The predicted molar refractivity (Wildman–Crippen MR) is 123 cm³/mol. The van der Waals surface area contributed by atoms with Gasteiger partial charge >= 0.3 is 0 Å². The van der Waals surface area contributed by atoms with Crippen LogP contribution in [0.25, 0.3) is 0 Å². The summed E-state index contributed by atoms with van der Waals surface area (Å²) in [6.45, 7) is 5.43. The van der Waals surface area contributed by atoms with E-state index in [1.807, 2.05) is 25.1 Å². The molecule has 6 nitrogen and oxygen atoms in total. The number of hydrogen-bond donors (Lipinski definition) is 1. The maximum atomic E-state index is 13.0. The van der Waals surface area contributed by atoms with Crippen LogP contribution in [0.3, 0.4) is 0 Å². The summed E-state index contributed by atoms with van der Waals surface area (Å²) in [4.78, 5) is 15.4. The number of rotatable bonds is 6. The lowest BCUT2D eigenvalue weighted by atomic mass is 10.1. The molecule has 0 bridgehead atoms. The summed E-state index contributed by atoms with van der Waals surface area (Å²) >= 11 is 0. The molecule has 166 valence electrons. The van der Waals surface area contributed by atoms with Gasteiger partial charge in [0, 0.05) is 44.0 Å².